The van der Waals surface area contributed by atoms with Crippen LogP contribution in [-0.2, 0) is 21.7 Å². The topological polar surface area (TPSA) is 21.3 Å². The number of furan rings is 1. The van der Waals surface area contributed by atoms with Crippen molar-refractivity contribution in [1.82, 2.24) is 4.57 Å². The number of nitrogens with zero attached hydrogens (tertiary/aromatic N) is 2. The van der Waals surface area contributed by atoms with Crippen LogP contribution >= 0.6 is 11.3 Å². The molecule has 0 radical (unpaired) electrons. The van der Waals surface area contributed by atoms with Gasteiger partial charge in [-0.2, -0.15) is 0 Å². The third-order valence-electron chi connectivity index (χ3n) is 15.7. The summed E-state index contributed by atoms with van der Waals surface area (Å²) in [6.45, 7) is 23.6. The molecular formula is C60H55BN2OS. The third-order valence-corrected chi connectivity index (χ3v) is 16.9. The first kappa shape index (κ1) is 39.3. The number of hydrogen-bond acceptors (Lipinski definition) is 3. The molecule has 10 aromatic rings. The number of thiophene rings is 1. The summed E-state index contributed by atoms with van der Waals surface area (Å²) in [7, 11) is 0. The largest absolute Gasteiger partial charge is 0.466 e. The quantitative estimate of drug-likeness (QED) is 0.162. The van der Waals surface area contributed by atoms with Gasteiger partial charge in [-0.1, -0.05) is 142 Å². The Morgan fingerprint density at radius 2 is 1.29 bits per heavy atom. The lowest BCUT2D eigenvalue weighted by Gasteiger charge is -2.42. The molecular weight excluding hydrogens is 808 g/mol. The standard InChI is InChI=1S/C60H55BN2OS/c1-57(2,3)36-21-24-38(25-22-36)63-45-26-23-37(58(4,5)6)31-40(45)49-50-39-18-14-15-19-48(39)65-55(50)51-41-32-43-44(60(9,10)29-28-59(43,7)8)33-46(41)62-53-42-30-35(34-16-12-11-13-17-34)20-27-47(42)64-56(53)61(63)52(49)54(51)62/h11-27,30-33H,28-29H2,1-10H3. The highest BCUT2D eigenvalue weighted by Crippen LogP contribution is 2.55. The van der Waals surface area contributed by atoms with E-state index in [0.717, 1.165) is 23.0 Å². The average Bonchev–Trinajstić information content (AvgIpc) is 3.96. The maximum atomic E-state index is 7.51. The highest BCUT2D eigenvalue weighted by molar-refractivity contribution is 7.27. The summed E-state index contributed by atoms with van der Waals surface area (Å²) in [5.74, 6) is 0. The number of benzene rings is 7. The predicted molar refractivity (Wildman–Crippen MR) is 281 cm³/mol. The van der Waals surface area contributed by atoms with Gasteiger partial charge in [0.2, 0.25) is 0 Å². The van der Waals surface area contributed by atoms with Crippen LogP contribution in [0.15, 0.2) is 132 Å². The third kappa shape index (κ3) is 5.36. The Balaban J connectivity index is 1.28. The van der Waals surface area contributed by atoms with Gasteiger partial charge in [0.15, 0.2) is 0 Å². The van der Waals surface area contributed by atoms with E-state index in [-0.39, 0.29) is 28.5 Å². The number of rotatable bonds is 2. The fourth-order valence-electron chi connectivity index (χ4n) is 12.0. The van der Waals surface area contributed by atoms with E-state index in [0.29, 0.717) is 0 Å². The van der Waals surface area contributed by atoms with E-state index in [9.17, 15) is 0 Å². The molecule has 7 aromatic carbocycles. The van der Waals surface area contributed by atoms with Crippen LogP contribution in [0.2, 0.25) is 0 Å². The van der Waals surface area contributed by atoms with Gasteiger partial charge in [-0.3, -0.25) is 0 Å². The van der Waals surface area contributed by atoms with E-state index >= 15 is 0 Å². The SMILES string of the molecule is CC(C)(C)c1ccc(N2B3c4oc5ccc(-c6ccccc6)cc5c4-n4c5cc6c(cc5c5c7sc8ccccc8c7c(c3c54)-c3cc(C(C)(C)C)ccc32)C(C)(C)CCC6(C)C)cc1. The Kier molecular flexibility index (Phi) is 7.78. The van der Waals surface area contributed by atoms with Gasteiger partial charge >= 0.3 is 6.85 Å². The number of hydrogen-bond donors (Lipinski definition) is 0. The summed E-state index contributed by atoms with van der Waals surface area (Å²) in [4.78, 5) is 2.63. The molecule has 0 N–H and O–H groups in total. The molecule has 3 aliphatic rings. The van der Waals surface area contributed by atoms with Crippen molar-refractivity contribution in [2.24, 2.45) is 0 Å². The van der Waals surface area contributed by atoms with Crippen molar-refractivity contribution in [3.8, 4) is 27.9 Å². The zero-order valence-corrected chi connectivity index (χ0v) is 40.1. The van der Waals surface area contributed by atoms with Crippen LogP contribution in [0.3, 0.4) is 0 Å². The molecule has 3 nitrogen and oxygen atoms in total. The molecule has 5 heteroatoms. The highest BCUT2D eigenvalue weighted by Gasteiger charge is 2.49. The maximum Gasteiger partial charge on any atom is 0.375 e. The minimum absolute atomic E-state index is 0.0285. The predicted octanol–water partition coefficient (Wildman–Crippen LogP) is 15.7. The molecule has 1 aliphatic carbocycles. The van der Waals surface area contributed by atoms with Crippen molar-refractivity contribution in [3.63, 3.8) is 0 Å². The molecule has 5 heterocycles. The Labute approximate surface area is 386 Å². The number of fused-ring (bicyclic) bond motifs is 16. The summed E-state index contributed by atoms with van der Waals surface area (Å²) >= 11 is 1.98. The van der Waals surface area contributed by atoms with E-state index in [4.69, 9.17) is 4.42 Å². The lowest BCUT2D eigenvalue weighted by molar-refractivity contribution is 0.332. The molecule has 3 aromatic heterocycles. The molecule has 320 valence electrons. The Bertz CT molecular complexity index is 3680. The van der Waals surface area contributed by atoms with Crippen LogP contribution in [-0.4, -0.2) is 11.4 Å². The summed E-state index contributed by atoms with van der Waals surface area (Å²) in [6.07, 6.45) is 2.33. The molecule has 0 amide bonds. The second kappa shape index (κ2) is 12.9. The highest BCUT2D eigenvalue weighted by atomic mass is 32.1. The van der Waals surface area contributed by atoms with E-state index in [1.165, 1.54) is 115 Å². The number of anilines is 2. The van der Waals surface area contributed by atoms with Gasteiger partial charge in [0, 0.05) is 53.3 Å². The van der Waals surface area contributed by atoms with Gasteiger partial charge in [0.25, 0.3) is 0 Å². The van der Waals surface area contributed by atoms with Gasteiger partial charge < -0.3 is 13.8 Å². The summed E-state index contributed by atoms with van der Waals surface area (Å²) in [6, 6.07) is 48.8. The van der Waals surface area contributed by atoms with Crippen molar-refractivity contribution in [2.45, 2.75) is 104 Å². The normalized spacial score (nSPS) is 16.2. The monoisotopic (exact) mass is 862 g/mol. The molecule has 65 heavy (non-hydrogen) atoms. The van der Waals surface area contributed by atoms with Gasteiger partial charge in [-0.25, -0.2) is 0 Å². The second-order valence-corrected chi connectivity index (χ2v) is 23.8. The zero-order valence-electron chi connectivity index (χ0n) is 39.3. The first-order valence-corrected chi connectivity index (χ1v) is 24.5. The molecule has 0 fully saturated rings. The van der Waals surface area contributed by atoms with Crippen LogP contribution in [0.4, 0.5) is 11.4 Å². The maximum absolute atomic E-state index is 7.51. The van der Waals surface area contributed by atoms with Gasteiger partial charge in [0.1, 0.15) is 11.2 Å². The Morgan fingerprint density at radius 1 is 0.615 bits per heavy atom. The smallest absolute Gasteiger partial charge is 0.375 e. The van der Waals surface area contributed by atoms with E-state index in [2.05, 4.69) is 206 Å². The van der Waals surface area contributed by atoms with Crippen molar-refractivity contribution < 1.29 is 4.42 Å². The molecule has 0 saturated carbocycles. The molecule has 0 unspecified atom stereocenters. The average molecular weight is 863 g/mol. The van der Waals surface area contributed by atoms with Gasteiger partial charge in [-0.05, 0) is 134 Å². The lowest BCUT2D eigenvalue weighted by Crippen LogP contribution is -2.60. The fraction of sp³-hybridized carbons (Fsp3) is 0.267. The van der Waals surface area contributed by atoms with Crippen molar-refractivity contribution in [1.29, 1.82) is 0 Å². The summed E-state index contributed by atoms with van der Waals surface area (Å²) in [5.41, 5.74) is 20.2. The number of aromatic nitrogens is 1. The minimum Gasteiger partial charge on any atom is -0.466 e. The van der Waals surface area contributed by atoms with E-state index < -0.39 is 0 Å². The van der Waals surface area contributed by atoms with Crippen LogP contribution in [0.25, 0.3) is 80.9 Å². The van der Waals surface area contributed by atoms with Crippen molar-refractivity contribution in [2.75, 3.05) is 4.81 Å². The molecule has 0 saturated heterocycles. The van der Waals surface area contributed by atoms with Gasteiger partial charge in [0.05, 0.1) is 16.7 Å². The Hall–Kier alpha value is -6.04. The van der Waals surface area contributed by atoms with Gasteiger partial charge in [-0.15, -0.1) is 11.3 Å². The lowest BCUT2D eigenvalue weighted by atomic mass is 9.46. The van der Waals surface area contributed by atoms with E-state index in [1.54, 1.807) is 0 Å². The Morgan fingerprint density at radius 3 is 2.02 bits per heavy atom. The molecule has 0 spiro atoms. The van der Waals surface area contributed by atoms with Crippen molar-refractivity contribution >= 4 is 93.6 Å². The fourth-order valence-corrected chi connectivity index (χ4v) is 13.3. The van der Waals surface area contributed by atoms with Crippen LogP contribution in [0.5, 0.6) is 0 Å². The van der Waals surface area contributed by atoms with Crippen LogP contribution in [0.1, 0.15) is 104 Å². The molecule has 2 aliphatic heterocycles. The molecule has 0 atom stereocenters. The molecule has 13 rings (SSSR count). The summed E-state index contributed by atoms with van der Waals surface area (Å²) in [5, 5.41) is 6.57. The van der Waals surface area contributed by atoms with Crippen LogP contribution in [0, 0.1) is 0 Å². The molecule has 0 bridgehead atoms. The van der Waals surface area contributed by atoms with E-state index in [1.807, 2.05) is 11.3 Å². The zero-order chi connectivity index (χ0) is 44.7. The first-order chi connectivity index (χ1) is 31.0. The second-order valence-electron chi connectivity index (χ2n) is 22.8. The first-order valence-electron chi connectivity index (χ1n) is 23.7. The van der Waals surface area contributed by atoms with Crippen molar-refractivity contribution in [3.05, 3.63) is 150 Å². The minimum atomic E-state index is -0.231. The summed E-state index contributed by atoms with van der Waals surface area (Å²) < 4.78 is 12.9. The van der Waals surface area contributed by atoms with Crippen LogP contribution < -0.4 is 15.9 Å².